The van der Waals surface area contributed by atoms with Crippen molar-refractivity contribution in [3.63, 3.8) is 0 Å². The topological polar surface area (TPSA) is 69.6 Å². The molecule has 0 bridgehead atoms. The molecule has 16 heavy (non-hydrogen) atoms. The van der Waals surface area contributed by atoms with Gasteiger partial charge < -0.3 is 10.4 Å². The molecule has 98 valence electrons. The van der Waals surface area contributed by atoms with Crippen molar-refractivity contribution >= 4 is 10.0 Å². The van der Waals surface area contributed by atoms with Gasteiger partial charge >= 0.3 is 0 Å². The normalized spacial score (nSPS) is 13.4. The largest absolute Gasteiger partial charge is 0.389 e. The molecular weight excluding hydrogens is 228 g/mol. The Morgan fingerprint density at radius 1 is 1.38 bits per heavy atom. The van der Waals surface area contributed by atoms with E-state index in [1.54, 1.807) is 13.8 Å². The van der Waals surface area contributed by atoms with E-state index >= 15 is 0 Å². The van der Waals surface area contributed by atoms with Gasteiger partial charge in [0.1, 0.15) is 0 Å². The van der Waals surface area contributed by atoms with E-state index in [9.17, 15) is 13.5 Å². The summed E-state index contributed by atoms with van der Waals surface area (Å²) in [5.41, 5.74) is -0.721. The SMILES string of the molecule is CCN(CCCNCC(C)(C)O)S(C)(=O)=O. The van der Waals surface area contributed by atoms with Crippen molar-refractivity contribution < 1.29 is 13.5 Å². The van der Waals surface area contributed by atoms with Crippen molar-refractivity contribution in [1.82, 2.24) is 9.62 Å². The Balaban J connectivity index is 3.74. The second kappa shape index (κ2) is 6.54. The summed E-state index contributed by atoms with van der Waals surface area (Å²) < 4.78 is 23.9. The van der Waals surface area contributed by atoms with E-state index in [0.717, 1.165) is 6.42 Å². The van der Waals surface area contributed by atoms with Crippen LogP contribution in [0.3, 0.4) is 0 Å². The van der Waals surface area contributed by atoms with Gasteiger partial charge in [0.25, 0.3) is 0 Å². The summed E-state index contributed by atoms with van der Waals surface area (Å²) >= 11 is 0. The molecule has 5 nitrogen and oxygen atoms in total. The van der Waals surface area contributed by atoms with Crippen molar-refractivity contribution in [2.45, 2.75) is 32.8 Å². The van der Waals surface area contributed by atoms with Gasteiger partial charge in [0.05, 0.1) is 11.9 Å². The van der Waals surface area contributed by atoms with E-state index in [1.165, 1.54) is 10.6 Å². The number of hydrogen-bond acceptors (Lipinski definition) is 4. The molecule has 0 spiro atoms. The van der Waals surface area contributed by atoms with Crippen molar-refractivity contribution in [3.8, 4) is 0 Å². The first-order valence-electron chi connectivity index (χ1n) is 5.55. The Bertz CT molecular complexity index is 283. The van der Waals surface area contributed by atoms with E-state index < -0.39 is 15.6 Å². The van der Waals surface area contributed by atoms with Gasteiger partial charge in [-0.3, -0.25) is 0 Å². The van der Waals surface area contributed by atoms with Gasteiger partial charge in [-0.25, -0.2) is 12.7 Å². The molecule has 0 atom stereocenters. The van der Waals surface area contributed by atoms with Gasteiger partial charge in [-0.15, -0.1) is 0 Å². The molecule has 0 radical (unpaired) electrons. The lowest BCUT2D eigenvalue weighted by Gasteiger charge is -2.20. The second-order valence-electron chi connectivity index (χ2n) is 4.60. The summed E-state index contributed by atoms with van der Waals surface area (Å²) in [5, 5.41) is 12.5. The van der Waals surface area contributed by atoms with Crippen LogP contribution in [0, 0.1) is 0 Å². The zero-order valence-corrected chi connectivity index (χ0v) is 11.5. The smallest absolute Gasteiger partial charge is 0.211 e. The molecule has 0 saturated heterocycles. The number of sulfonamides is 1. The number of rotatable bonds is 8. The third-order valence-corrected chi connectivity index (χ3v) is 3.52. The summed E-state index contributed by atoms with van der Waals surface area (Å²) in [7, 11) is -3.07. The van der Waals surface area contributed by atoms with Gasteiger partial charge in [-0.1, -0.05) is 6.92 Å². The monoisotopic (exact) mass is 252 g/mol. The molecule has 0 amide bonds. The fourth-order valence-electron chi connectivity index (χ4n) is 1.33. The standard InChI is InChI=1S/C10H24N2O3S/c1-5-12(16(4,14)15)8-6-7-11-9-10(2,3)13/h11,13H,5-9H2,1-4H3. The maximum absolute atomic E-state index is 11.3. The van der Waals surface area contributed by atoms with Crippen molar-refractivity contribution in [2.75, 3.05) is 32.4 Å². The highest BCUT2D eigenvalue weighted by Gasteiger charge is 2.14. The number of hydrogen-bond donors (Lipinski definition) is 2. The number of nitrogens with zero attached hydrogens (tertiary/aromatic N) is 1. The minimum Gasteiger partial charge on any atom is -0.389 e. The van der Waals surface area contributed by atoms with Crippen molar-refractivity contribution in [1.29, 1.82) is 0 Å². The van der Waals surface area contributed by atoms with Crippen LogP contribution in [0.5, 0.6) is 0 Å². The van der Waals surface area contributed by atoms with Crippen LogP contribution >= 0.6 is 0 Å². The first kappa shape index (κ1) is 15.8. The lowest BCUT2D eigenvalue weighted by molar-refractivity contribution is 0.0798. The van der Waals surface area contributed by atoms with Gasteiger partial charge in [-0.2, -0.15) is 0 Å². The summed E-state index contributed by atoms with van der Waals surface area (Å²) in [6, 6.07) is 0. The Kier molecular flexibility index (Phi) is 6.47. The highest BCUT2D eigenvalue weighted by atomic mass is 32.2. The molecule has 0 aliphatic rings. The lowest BCUT2D eigenvalue weighted by atomic mass is 10.1. The van der Waals surface area contributed by atoms with Gasteiger partial charge in [0, 0.05) is 19.6 Å². The van der Waals surface area contributed by atoms with Crippen LogP contribution in [0.4, 0.5) is 0 Å². The Hall–Kier alpha value is -0.170. The molecule has 0 aliphatic heterocycles. The van der Waals surface area contributed by atoms with Crippen LogP contribution in [0.2, 0.25) is 0 Å². The third kappa shape index (κ3) is 8.04. The zero-order chi connectivity index (χ0) is 12.8. The van der Waals surface area contributed by atoms with Crippen LogP contribution in [-0.2, 0) is 10.0 Å². The van der Waals surface area contributed by atoms with E-state index in [2.05, 4.69) is 5.32 Å². The molecule has 0 rings (SSSR count). The first-order valence-corrected chi connectivity index (χ1v) is 7.40. The Morgan fingerprint density at radius 2 is 1.94 bits per heavy atom. The first-order chi connectivity index (χ1) is 7.17. The molecule has 2 N–H and O–H groups in total. The van der Waals surface area contributed by atoms with Crippen LogP contribution in [0.15, 0.2) is 0 Å². The zero-order valence-electron chi connectivity index (χ0n) is 10.7. The summed E-state index contributed by atoms with van der Waals surface area (Å²) in [6.07, 6.45) is 1.97. The van der Waals surface area contributed by atoms with E-state index in [1.807, 2.05) is 6.92 Å². The van der Waals surface area contributed by atoms with Gasteiger partial charge in [-0.05, 0) is 26.8 Å². The molecule has 0 aromatic rings. The maximum atomic E-state index is 11.3. The fraction of sp³-hybridized carbons (Fsp3) is 1.00. The molecule has 0 heterocycles. The van der Waals surface area contributed by atoms with Crippen molar-refractivity contribution in [3.05, 3.63) is 0 Å². The highest BCUT2D eigenvalue weighted by Crippen LogP contribution is 1.99. The molecule has 0 aromatic carbocycles. The predicted octanol–water partition coefficient (Wildman–Crippen LogP) is 0.0185. The number of aliphatic hydroxyl groups is 1. The average Bonchev–Trinajstić information content (AvgIpc) is 2.07. The predicted molar refractivity (Wildman–Crippen MR) is 65.9 cm³/mol. The van der Waals surface area contributed by atoms with Crippen LogP contribution in [-0.4, -0.2) is 55.9 Å². The highest BCUT2D eigenvalue weighted by molar-refractivity contribution is 7.88. The van der Waals surface area contributed by atoms with E-state index in [4.69, 9.17) is 0 Å². The Labute approximate surface area is 98.9 Å². The molecule has 6 heteroatoms. The quantitative estimate of drug-likeness (QED) is 0.598. The molecule has 0 unspecified atom stereocenters. The third-order valence-electron chi connectivity index (χ3n) is 2.14. The Morgan fingerprint density at radius 3 is 2.31 bits per heavy atom. The maximum Gasteiger partial charge on any atom is 0.211 e. The minimum absolute atomic E-state index is 0.504. The molecule has 0 saturated carbocycles. The van der Waals surface area contributed by atoms with Gasteiger partial charge in [0.15, 0.2) is 0 Å². The fourth-order valence-corrected chi connectivity index (χ4v) is 2.26. The molecule has 0 aromatic heterocycles. The second-order valence-corrected chi connectivity index (χ2v) is 6.58. The van der Waals surface area contributed by atoms with E-state index in [0.29, 0.717) is 26.2 Å². The van der Waals surface area contributed by atoms with Crippen LogP contribution < -0.4 is 5.32 Å². The molecule has 0 fully saturated rings. The molecular formula is C10H24N2O3S. The summed E-state index contributed by atoms with van der Waals surface area (Å²) in [5.74, 6) is 0. The molecule has 0 aliphatic carbocycles. The lowest BCUT2D eigenvalue weighted by Crippen LogP contribution is -2.37. The average molecular weight is 252 g/mol. The number of nitrogens with one attached hydrogen (secondary N) is 1. The minimum atomic E-state index is -3.07. The summed E-state index contributed by atoms with van der Waals surface area (Å²) in [4.78, 5) is 0. The van der Waals surface area contributed by atoms with Gasteiger partial charge in [0.2, 0.25) is 10.0 Å². The summed E-state index contributed by atoms with van der Waals surface area (Å²) in [6.45, 7) is 7.53. The van der Waals surface area contributed by atoms with Crippen LogP contribution in [0.1, 0.15) is 27.2 Å². The van der Waals surface area contributed by atoms with Crippen LogP contribution in [0.25, 0.3) is 0 Å². The van der Waals surface area contributed by atoms with Crippen molar-refractivity contribution in [2.24, 2.45) is 0 Å². The van der Waals surface area contributed by atoms with E-state index in [-0.39, 0.29) is 0 Å².